The molecule has 2 rings (SSSR count). The highest BCUT2D eigenvalue weighted by Gasteiger charge is 2.12. The number of amides is 1. The Morgan fingerprint density at radius 1 is 1.36 bits per heavy atom. The Morgan fingerprint density at radius 2 is 2.11 bits per heavy atom. The van der Waals surface area contributed by atoms with Crippen molar-refractivity contribution in [2.45, 2.75) is 25.1 Å². The molecule has 0 radical (unpaired) electrons. The summed E-state index contributed by atoms with van der Waals surface area (Å²) < 4.78 is 34.9. The van der Waals surface area contributed by atoms with Gasteiger partial charge in [0.2, 0.25) is 11.1 Å². The predicted octanol–water partition coefficient (Wildman–Crippen LogP) is 0.722. The number of thioether (sulfide) groups is 1. The summed E-state index contributed by atoms with van der Waals surface area (Å²) in [7, 11) is 1.35. The third-order valence-electron chi connectivity index (χ3n) is 3.53. The summed E-state index contributed by atoms with van der Waals surface area (Å²) in [5, 5.41) is 10.3. The fourth-order valence-electron chi connectivity index (χ4n) is 2.16. The van der Waals surface area contributed by atoms with E-state index in [0.717, 1.165) is 22.0 Å². The first kappa shape index (κ1) is 21.4. The molecule has 0 fully saturated rings. The number of aryl methyl sites for hydroxylation is 1. The molecule has 1 aromatic heterocycles. The molecular weight excluding hydrogens is 396 g/mol. The fraction of sp³-hybridized carbons (Fsp3) is 0.375. The Bertz CT molecular complexity index is 894. The van der Waals surface area contributed by atoms with Gasteiger partial charge in [0.05, 0.1) is 12.9 Å². The number of halogens is 2. The zero-order valence-electron chi connectivity index (χ0n) is 15.1. The molecule has 1 aromatic carbocycles. The Morgan fingerprint density at radius 3 is 2.79 bits per heavy atom. The van der Waals surface area contributed by atoms with E-state index in [2.05, 4.69) is 20.3 Å². The number of carbonyl (C=O) groups is 1. The first-order chi connectivity index (χ1) is 13.3. The van der Waals surface area contributed by atoms with Gasteiger partial charge in [-0.3, -0.25) is 9.59 Å². The van der Waals surface area contributed by atoms with Crippen molar-refractivity contribution in [3.8, 4) is 11.5 Å². The lowest BCUT2D eigenvalue weighted by Gasteiger charge is -2.11. The molecule has 1 heterocycles. The predicted molar refractivity (Wildman–Crippen MR) is 98.2 cm³/mol. The summed E-state index contributed by atoms with van der Waals surface area (Å²) in [4.78, 5) is 23.6. The molecule has 0 spiro atoms. The molecule has 9 nitrogen and oxygen atoms in total. The molecule has 0 atom stereocenters. The molecule has 0 bridgehead atoms. The SMILES string of the molecule is COc1cc(CCNC(=O)CSc2nnc(C)c(=O)n2N)ccc1OC(F)F. The maximum absolute atomic E-state index is 12.3. The molecular formula is C16H19F2N5O4S. The highest BCUT2D eigenvalue weighted by Crippen LogP contribution is 2.29. The molecule has 0 saturated heterocycles. The van der Waals surface area contributed by atoms with E-state index >= 15 is 0 Å². The summed E-state index contributed by atoms with van der Waals surface area (Å²) >= 11 is 0.983. The third kappa shape index (κ3) is 5.81. The molecule has 0 aliphatic heterocycles. The van der Waals surface area contributed by atoms with E-state index in [4.69, 9.17) is 10.6 Å². The number of ether oxygens (including phenoxy) is 2. The number of benzene rings is 1. The van der Waals surface area contributed by atoms with Crippen molar-refractivity contribution in [2.75, 3.05) is 25.3 Å². The van der Waals surface area contributed by atoms with Crippen molar-refractivity contribution >= 4 is 17.7 Å². The number of aromatic nitrogens is 3. The number of hydrogen-bond acceptors (Lipinski definition) is 8. The van der Waals surface area contributed by atoms with Gasteiger partial charge in [-0.2, -0.15) is 13.5 Å². The van der Waals surface area contributed by atoms with E-state index in [0.29, 0.717) is 13.0 Å². The van der Waals surface area contributed by atoms with Gasteiger partial charge in [-0.05, 0) is 31.0 Å². The lowest BCUT2D eigenvalue weighted by molar-refractivity contribution is -0.118. The number of nitrogens with one attached hydrogen (secondary N) is 1. The van der Waals surface area contributed by atoms with Crippen LogP contribution < -0.4 is 26.2 Å². The zero-order valence-corrected chi connectivity index (χ0v) is 16.0. The number of methoxy groups -OCH3 is 1. The van der Waals surface area contributed by atoms with Crippen LogP contribution in [0.4, 0.5) is 8.78 Å². The summed E-state index contributed by atoms with van der Waals surface area (Å²) in [5.74, 6) is 5.42. The summed E-state index contributed by atoms with van der Waals surface area (Å²) in [6, 6.07) is 4.55. The maximum atomic E-state index is 12.3. The van der Waals surface area contributed by atoms with Crippen LogP contribution in [-0.2, 0) is 11.2 Å². The fourth-order valence-corrected chi connectivity index (χ4v) is 2.84. The van der Waals surface area contributed by atoms with Crippen LogP contribution in [0.3, 0.4) is 0 Å². The number of rotatable bonds is 9. The lowest BCUT2D eigenvalue weighted by Crippen LogP contribution is -2.33. The van der Waals surface area contributed by atoms with Gasteiger partial charge < -0.3 is 20.6 Å². The van der Waals surface area contributed by atoms with Crippen molar-refractivity contribution < 1.29 is 23.0 Å². The largest absolute Gasteiger partial charge is 0.493 e. The highest BCUT2D eigenvalue weighted by molar-refractivity contribution is 7.99. The zero-order chi connectivity index (χ0) is 20.7. The molecule has 0 aliphatic rings. The molecule has 12 heteroatoms. The van der Waals surface area contributed by atoms with Crippen LogP contribution in [0.5, 0.6) is 11.5 Å². The second kappa shape index (κ2) is 9.88. The summed E-state index contributed by atoms with van der Waals surface area (Å²) in [6.45, 7) is -1.15. The maximum Gasteiger partial charge on any atom is 0.387 e. The molecule has 0 unspecified atom stereocenters. The van der Waals surface area contributed by atoms with E-state index in [1.54, 1.807) is 12.1 Å². The average Bonchev–Trinajstić information content (AvgIpc) is 2.66. The normalized spacial score (nSPS) is 10.8. The van der Waals surface area contributed by atoms with Crippen LogP contribution in [0.15, 0.2) is 28.2 Å². The van der Waals surface area contributed by atoms with E-state index in [-0.39, 0.29) is 34.0 Å². The van der Waals surface area contributed by atoms with Crippen molar-refractivity contribution in [2.24, 2.45) is 0 Å². The van der Waals surface area contributed by atoms with E-state index in [9.17, 15) is 18.4 Å². The third-order valence-corrected chi connectivity index (χ3v) is 4.48. The average molecular weight is 415 g/mol. The second-order valence-corrected chi connectivity index (χ2v) is 6.44. The first-order valence-electron chi connectivity index (χ1n) is 8.04. The van der Waals surface area contributed by atoms with Crippen molar-refractivity contribution in [3.05, 3.63) is 39.8 Å². The van der Waals surface area contributed by atoms with Crippen molar-refractivity contribution in [1.29, 1.82) is 0 Å². The monoisotopic (exact) mass is 415 g/mol. The standard InChI is InChI=1S/C16H19F2N5O4S/c1-9-14(25)23(19)16(22-21-9)28-8-13(24)20-6-5-10-3-4-11(27-15(17)18)12(7-10)26-2/h3-4,7,15H,5-6,8,19H2,1-2H3,(H,20,24). The van der Waals surface area contributed by atoms with E-state index in [1.165, 1.54) is 20.1 Å². The van der Waals surface area contributed by atoms with Gasteiger partial charge in [0, 0.05) is 6.54 Å². The number of nitrogen functional groups attached to an aromatic ring is 1. The van der Waals surface area contributed by atoms with Gasteiger partial charge in [0.25, 0.3) is 5.56 Å². The number of nitrogens with two attached hydrogens (primary N) is 1. The number of carbonyl (C=O) groups excluding carboxylic acids is 1. The van der Waals surface area contributed by atoms with Crippen LogP contribution in [-0.4, -0.2) is 46.8 Å². The van der Waals surface area contributed by atoms with Crippen LogP contribution >= 0.6 is 11.8 Å². The van der Waals surface area contributed by atoms with E-state index < -0.39 is 12.2 Å². The molecule has 0 aliphatic carbocycles. The minimum atomic E-state index is -2.94. The number of alkyl halides is 2. The quantitative estimate of drug-likeness (QED) is 0.454. The van der Waals surface area contributed by atoms with Crippen molar-refractivity contribution in [1.82, 2.24) is 20.2 Å². The van der Waals surface area contributed by atoms with E-state index in [1.807, 2.05) is 0 Å². The van der Waals surface area contributed by atoms with Crippen LogP contribution in [0.25, 0.3) is 0 Å². The van der Waals surface area contributed by atoms with Gasteiger partial charge >= 0.3 is 6.61 Å². The Labute approximate surface area is 163 Å². The van der Waals surface area contributed by atoms with Crippen LogP contribution in [0.2, 0.25) is 0 Å². The Balaban J connectivity index is 1.84. The Hall–Kier alpha value is -2.89. The van der Waals surface area contributed by atoms with Crippen LogP contribution in [0, 0.1) is 6.92 Å². The Kier molecular flexibility index (Phi) is 7.55. The lowest BCUT2D eigenvalue weighted by atomic mass is 10.1. The minimum absolute atomic E-state index is 0.00112. The molecule has 1 amide bonds. The minimum Gasteiger partial charge on any atom is -0.493 e. The van der Waals surface area contributed by atoms with Gasteiger partial charge in [-0.25, -0.2) is 0 Å². The second-order valence-electron chi connectivity index (χ2n) is 5.50. The summed E-state index contributed by atoms with van der Waals surface area (Å²) in [5.41, 5.74) is 0.453. The summed E-state index contributed by atoms with van der Waals surface area (Å²) in [6.07, 6.45) is 0.452. The van der Waals surface area contributed by atoms with Gasteiger partial charge in [-0.15, -0.1) is 10.2 Å². The highest BCUT2D eigenvalue weighted by atomic mass is 32.2. The number of hydrogen-bond donors (Lipinski definition) is 2. The smallest absolute Gasteiger partial charge is 0.387 e. The van der Waals surface area contributed by atoms with Crippen molar-refractivity contribution in [3.63, 3.8) is 0 Å². The molecule has 3 N–H and O–H groups in total. The first-order valence-corrected chi connectivity index (χ1v) is 9.03. The van der Waals surface area contributed by atoms with Gasteiger partial charge in [0.15, 0.2) is 11.5 Å². The number of nitrogens with zero attached hydrogens (tertiary/aromatic N) is 3. The van der Waals surface area contributed by atoms with Gasteiger partial charge in [-0.1, -0.05) is 17.8 Å². The molecule has 2 aromatic rings. The van der Waals surface area contributed by atoms with Gasteiger partial charge in [0.1, 0.15) is 5.69 Å². The molecule has 28 heavy (non-hydrogen) atoms. The van der Waals surface area contributed by atoms with Crippen LogP contribution in [0.1, 0.15) is 11.3 Å². The molecule has 152 valence electrons. The topological polar surface area (TPSA) is 121 Å². The molecule has 0 saturated carbocycles.